The maximum Gasteiger partial charge on any atom is 0.244 e. The Morgan fingerprint density at radius 1 is 1.38 bits per heavy atom. The van der Waals surface area contributed by atoms with Gasteiger partial charge in [0.05, 0.1) is 6.20 Å². The number of rotatable bonds is 6. The number of hydrogen-bond acceptors (Lipinski definition) is 4. The van der Waals surface area contributed by atoms with Crippen LogP contribution in [-0.2, 0) is 0 Å². The van der Waals surface area contributed by atoms with E-state index in [0.717, 1.165) is 18.8 Å². The second-order valence-corrected chi connectivity index (χ2v) is 4.42. The normalized spacial score (nSPS) is 10.8. The van der Waals surface area contributed by atoms with E-state index in [4.69, 9.17) is 11.6 Å². The maximum atomic E-state index is 5.74. The zero-order valence-corrected chi connectivity index (χ0v) is 10.9. The lowest BCUT2D eigenvalue weighted by atomic mass is 10.2. The van der Waals surface area contributed by atoms with Crippen molar-refractivity contribution in [1.29, 1.82) is 0 Å². The number of halogens is 1. The molecular weight excluding hydrogens is 224 g/mol. The molecule has 0 amide bonds. The molecule has 1 aromatic heterocycles. The molecule has 0 spiro atoms. The summed E-state index contributed by atoms with van der Waals surface area (Å²) in [6.07, 6.45) is 5.28. The summed E-state index contributed by atoms with van der Waals surface area (Å²) in [6.45, 7) is 7.47. The van der Waals surface area contributed by atoms with E-state index in [-0.39, 0.29) is 5.28 Å². The highest BCUT2D eigenvalue weighted by Crippen LogP contribution is 2.15. The third-order valence-corrected chi connectivity index (χ3v) is 2.60. The van der Waals surface area contributed by atoms with Crippen molar-refractivity contribution in [2.24, 2.45) is 0 Å². The second-order valence-electron chi connectivity index (χ2n) is 4.08. The molecule has 1 aromatic rings. The zero-order chi connectivity index (χ0) is 12.0. The summed E-state index contributed by atoms with van der Waals surface area (Å²) in [5.74, 6) is 0.811. The van der Waals surface area contributed by atoms with Crippen LogP contribution in [0.3, 0.4) is 0 Å². The summed E-state index contributed by atoms with van der Waals surface area (Å²) in [6, 6.07) is 0.393. The fourth-order valence-corrected chi connectivity index (χ4v) is 1.71. The number of aromatic nitrogens is 3. The number of hydrogen-bond donors (Lipinski definition) is 0. The van der Waals surface area contributed by atoms with Gasteiger partial charge in [0.25, 0.3) is 0 Å². The lowest BCUT2D eigenvalue weighted by Crippen LogP contribution is -2.32. The van der Waals surface area contributed by atoms with Crippen LogP contribution >= 0.6 is 11.6 Å². The molecule has 5 heteroatoms. The van der Waals surface area contributed by atoms with Gasteiger partial charge in [-0.3, -0.25) is 0 Å². The largest absolute Gasteiger partial charge is 0.353 e. The molecule has 90 valence electrons. The standard InChI is InChI=1S/C11H19ClN4/c1-4-5-6-7-16(9(2)3)10-8-13-15-11(12)14-10/h8-9H,4-7H2,1-3H3. The summed E-state index contributed by atoms with van der Waals surface area (Å²) in [7, 11) is 0. The molecule has 0 saturated heterocycles. The van der Waals surface area contributed by atoms with E-state index in [1.54, 1.807) is 6.20 Å². The molecule has 0 aliphatic carbocycles. The van der Waals surface area contributed by atoms with E-state index in [9.17, 15) is 0 Å². The van der Waals surface area contributed by atoms with Crippen molar-refractivity contribution < 1.29 is 0 Å². The van der Waals surface area contributed by atoms with Crippen LogP contribution in [0.4, 0.5) is 5.82 Å². The van der Waals surface area contributed by atoms with Crippen molar-refractivity contribution in [3.8, 4) is 0 Å². The highest BCUT2D eigenvalue weighted by Gasteiger charge is 2.12. The molecule has 0 radical (unpaired) electrons. The first kappa shape index (κ1) is 13.2. The molecule has 0 unspecified atom stereocenters. The van der Waals surface area contributed by atoms with Crippen LogP contribution < -0.4 is 4.90 Å². The van der Waals surface area contributed by atoms with Crippen molar-refractivity contribution in [3.63, 3.8) is 0 Å². The fraction of sp³-hybridized carbons (Fsp3) is 0.727. The number of anilines is 1. The third-order valence-electron chi connectivity index (χ3n) is 2.44. The van der Waals surface area contributed by atoms with Gasteiger partial charge in [-0.05, 0) is 31.9 Å². The summed E-state index contributed by atoms with van der Waals surface area (Å²) in [5.41, 5.74) is 0. The van der Waals surface area contributed by atoms with Gasteiger partial charge in [0, 0.05) is 12.6 Å². The monoisotopic (exact) mass is 242 g/mol. The van der Waals surface area contributed by atoms with Gasteiger partial charge >= 0.3 is 0 Å². The summed E-state index contributed by atoms with van der Waals surface area (Å²) in [5, 5.41) is 7.69. The van der Waals surface area contributed by atoms with E-state index in [0.29, 0.717) is 6.04 Å². The minimum Gasteiger partial charge on any atom is -0.353 e. The first-order valence-corrected chi connectivity index (χ1v) is 6.14. The van der Waals surface area contributed by atoms with Gasteiger partial charge in [0.2, 0.25) is 5.28 Å². The molecule has 16 heavy (non-hydrogen) atoms. The number of nitrogens with zero attached hydrogens (tertiary/aromatic N) is 4. The molecule has 1 rings (SSSR count). The van der Waals surface area contributed by atoms with Crippen molar-refractivity contribution >= 4 is 17.4 Å². The molecule has 0 aromatic carbocycles. The molecule has 0 fully saturated rings. The van der Waals surface area contributed by atoms with Gasteiger partial charge in [-0.25, -0.2) is 0 Å². The van der Waals surface area contributed by atoms with Crippen LogP contribution in [-0.4, -0.2) is 27.8 Å². The molecule has 0 saturated carbocycles. The molecule has 1 heterocycles. The summed E-state index contributed by atoms with van der Waals surface area (Å²) in [4.78, 5) is 6.40. The van der Waals surface area contributed by atoms with Gasteiger partial charge in [0.1, 0.15) is 0 Å². The quantitative estimate of drug-likeness (QED) is 0.720. The minimum atomic E-state index is 0.207. The van der Waals surface area contributed by atoms with Crippen LogP contribution in [0.25, 0.3) is 0 Å². The molecule has 0 N–H and O–H groups in total. The van der Waals surface area contributed by atoms with Crippen molar-refractivity contribution in [1.82, 2.24) is 15.2 Å². The summed E-state index contributed by atoms with van der Waals surface area (Å²) < 4.78 is 0. The highest BCUT2D eigenvalue weighted by atomic mass is 35.5. The highest BCUT2D eigenvalue weighted by molar-refractivity contribution is 6.28. The molecule has 0 bridgehead atoms. The minimum absolute atomic E-state index is 0.207. The Morgan fingerprint density at radius 2 is 2.12 bits per heavy atom. The third kappa shape index (κ3) is 3.93. The summed E-state index contributed by atoms with van der Waals surface area (Å²) >= 11 is 5.74. The van der Waals surface area contributed by atoms with E-state index in [2.05, 4.69) is 40.9 Å². The van der Waals surface area contributed by atoms with Crippen LogP contribution in [0.5, 0.6) is 0 Å². The van der Waals surface area contributed by atoms with Crippen molar-refractivity contribution in [3.05, 3.63) is 11.5 Å². The Labute approximate surface area is 102 Å². The Balaban J connectivity index is 2.69. The van der Waals surface area contributed by atoms with Gasteiger partial charge in [-0.15, -0.1) is 5.10 Å². The SMILES string of the molecule is CCCCCN(c1cnnc(Cl)n1)C(C)C. The lowest BCUT2D eigenvalue weighted by molar-refractivity contribution is 0.617. The van der Waals surface area contributed by atoms with Gasteiger partial charge in [0.15, 0.2) is 5.82 Å². The van der Waals surface area contributed by atoms with E-state index in [1.807, 2.05) is 0 Å². The van der Waals surface area contributed by atoms with Crippen molar-refractivity contribution in [2.75, 3.05) is 11.4 Å². The Bertz CT molecular complexity index is 317. The van der Waals surface area contributed by atoms with E-state index in [1.165, 1.54) is 12.8 Å². The molecular formula is C11H19ClN4. The lowest BCUT2D eigenvalue weighted by Gasteiger charge is -2.27. The fourth-order valence-electron chi connectivity index (χ4n) is 1.58. The maximum absolute atomic E-state index is 5.74. The second kappa shape index (κ2) is 6.63. The van der Waals surface area contributed by atoms with Crippen LogP contribution in [0.2, 0.25) is 5.28 Å². The van der Waals surface area contributed by atoms with Gasteiger partial charge < -0.3 is 4.90 Å². The zero-order valence-electron chi connectivity index (χ0n) is 10.1. The molecule has 0 aliphatic rings. The van der Waals surface area contributed by atoms with E-state index < -0.39 is 0 Å². The Hall–Kier alpha value is -0.900. The molecule has 0 atom stereocenters. The van der Waals surface area contributed by atoms with Crippen LogP contribution in [0.1, 0.15) is 40.0 Å². The first-order valence-electron chi connectivity index (χ1n) is 5.77. The van der Waals surface area contributed by atoms with E-state index >= 15 is 0 Å². The van der Waals surface area contributed by atoms with Crippen molar-refractivity contribution in [2.45, 2.75) is 46.1 Å². The predicted octanol–water partition coefficient (Wildman–Crippen LogP) is 2.93. The van der Waals surface area contributed by atoms with Crippen LogP contribution in [0, 0.1) is 0 Å². The average Bonchev–Trinajstić information content (AvgIpc) is 2.24. The molecule has 4 nitrogen and oxygen atoms in total. The van der Waals surface area contributed by atoms with Gasteiger partial charge in [-0.1, -0.05) is 19.8 Å². The first-order chi connectivity index (χ1) is 7.65. The van der Waals surface area contributed by atoms with Gasteiger partial charge in [-0.2, -0.15) is 10.1 Å². The average molecular weight is 243 g/mol. The number of unbranched alkanes of at least 4 members (excludes halogenated alkanes) is 2. The Kier molecular flexibility index (Phi) is 5.46. The van der Waals surface area contributed by atoms with Crippen LogP contribution in [0.15, 0.2) is 6.20 Å². The Morgan fingerprint density at radius 3 is 2.69 bits per heavy atom. The predicted molar refractivity (Wildman–Crippen MR) is 66.8 cm³/mol. The molecule has 0 aliphatic heterocycles. The topological polar surface area (TPSA) is 41.9 Å². The smallest absolute Gasteiger partial charge is 0.244 e.